The number of rotatable bonds is 2. The summed E-state index contributed by atoms with van der Waals surface area (Å²) in [6.07, 6.45) is 0.530. The molecule has 2 amide bonds. The summed E-state index contributed by atoms with van der Waals surface area (Å²) in [6.45, 7) is 5.37. The molecule has 0 atom stereocenters. The second kappa shape index (κ2) is 6.92. The van der Waals surface area contributed by atoms with Crippen LogP contribution >= 0.6 is 0 Å². The van der Waals surface area contributed by atoms with Crippen LogP contribution in [0.4, 0.5) is 26.4 Å². The Labute approximate surface area is 151 Å². The van der Waals surface area contributed by atoms with Gasteiger partial charge in [0.25, 0.3) is 0 Å². The van der Waals surface area contributed by atoms with Crippen molar-refractivity contribution in [3.05, 3.63) is 47.4 Å². The van der Waals surface area contributed by atoms with Crippen molar-refractivity contribution in [1.29, 1.82) is 0 Å². The van der Waals surface area contributed by atoms with Crippen LogP contribution in [-0.4, -0.2) is 43.9 Å². The number of halogens is 1. The van der Waals surface area contributed by atoms with Gasteiger partial charge in [-0.05, 0) is 37.6 Å². The Balaban J connectivity index is 1.49. The molecule has 1 fully saturated rings. The molecule has 1 saturated heterocycles. The van der Waals surface area contributed by atoms with Crippen LogP contribution in [0.25, 0.3) is 0 Å². The van der Waals surface area contributed by atoms with E-state index < -0.39 is 0 Å². The highest BCUT2D eigenvalue weighted by Crippen LogP contribution is 2.30. The molecule has 0 aliphatic carbocycles. The topological polar surface area (TPSA) is 57.7 Å². The maximum atomic E-state index is 13.9. The molecule has 26 heavy (non-hydrogen) atoms. The van der Waals surface area contributed by atoms with Gasteiger partial charge < -0.3 is 15.0 Å². The zero-order valence-electron chi connectivity index (χ0n) is 14.7. The number of benzene rings is 1. The zero-order chi connectivity index (χ0) is 18.1. The number of carbonyl (C=O) groups excluding carboxylic acids is 1. The van der Waals surface area contributed by atoms with Crippen LogP contribution in [0.1, 0.15) is 11.3 Å². The standard InChI is InChI=1S/C19H21FN4O2/c1-13-16(5-6-18(21-13)23-9-11-26-12-10-23)22-19(25)24-8-7-14-15(20)3-2-4-17(14)24/h2-6H,7-12H2,1H3,(H,22,25). The van der Waals surface area contributed by atoms with E-state index in [0.717, 1.165) is 24.6 Å². The number of urea groups is 1. The van der Waals surface area contributed by atoms with Crippen molar-refractivity contribution in [3.8, 4) is 0 Å². The average molecular weight is 356 g/mol. The van der Waals surface area contributed by atoms with Crippen LogP contribution in [0.3, 0.4) is 0 Å². The summed E-state index contributed by atoms with van der Waals surface area (Å²) in [6, 6.07) is 8.34. The van der Waals surface area contributed by atoms with Crippen molar-refractivity contribution in [2.45, 2.75) is 13.3 Å². The predicted octanol–water partition coefficient (Wildman–Crippen LogP) is 2.96. The number of amides is 2. The van der Waals surface area contributed by atoms with Crippen molar-refractivity contribution in [2.75, 3.05) is 48.0 Å². The minimum Gasteiger partial charge on any atom is -0.378 e. The van der Waals surface area contributed by atoms with E-state index in [9.17, 15) is 9.18 Å². The van der Waals surface area contributed by atoms with E-state index in [0.29, 0.717) is 43.1 Å². The first kappa shape index (κ1) is 16.8. The van der Waals surface area contributed by atoms with Crippen molar-refractivity contribution in [2.24, 2.45) is 0 Å². The van der Waals surface area contributed by atoms with Gasteiger partial charge in [-0.3, -0.25) is 4.90 Å². The van der Waals surface area contributed by atoms with Gasteiger partial charge in [0.05, 0.1) is 30.3 Å². The molecule has 136 valence electrons. The van der Waals surface area contributed by atoms with E-state index in [1.807, 2.05) is 19.1 Å². The number of hydrogen-bond donors (Lipinski definition) is 1. The summed E-state index contributed by atoms with van der Waals surface area (Å²) in [5.74, 6) is 0.628. The van der Waals surface area contributed by atoms with Crippen LogP contribution in [0.15, 0.2) is 30.3 Å². The van der Waals surface area contributed by atoms with Gasteiger partial charge in [-0.2, -0.15) is 0 Å². The van der Waals surface area contributed by atoms with Gasteiger partial charge in [0.1, 0.15) is 11.6 Å². The van der Waals surface area contributed by atoms with E-state index in [1.165, 1.54) is 6.07 Å². The lowest BCUT2D eigenvalue weighted by atomic mass is 10.1. The lowest BCUT2D eigenvalue weighted by Crippen LogP contribution is -2.37. The normalized spacial score (nSPS) is 16.5. The molecule has 0 unspecified atom stereocenters. The highest BCUT2D eigenvalue weighted by molar-refractivity contribution is 6.03. The minimum atomic E-state index is -0.265. The Kier molecular flexibility index (Phi) is 4.46. The molecule has 0 radical (unpaired) electrons. The highest BCUT2D eigenvalue weighted by Gasteiger charge is 2.27. The minimum absolute atomic E-state index is 0.259. The molecule has 0 saturated carbocycles. The number of ether oxygens (including phenoxy) is 1. The van der Waals surface area contributed by atoms with Gasteiger partial charge >= 0.3 is 6.03 Å². The second-order valence-corrected chi connectivity index (χ2v) is 6.47. The monoisotopic (exact) mass is 356 g/mol. The van der Waals surface area contributed by atoms with Crippen molar-refractivity contribution >= 4 is 23.2 Å². The number of anilines is 3. The van der Waals surface area contributed by atoms with Gasteiger partial charge in [0, 0.05) is 25.2 Å². The van der Waals surface area contributed by atoms with Gasteiger partial charge in [0.15, 0.2) is 0 Å². The number of nitrogens with zero attached hydrogens (tertiary/aromatic N) is 3. The van der Waals surface area contributed by atoms with Crippen LogP contribution in [0.2, 0.25) is 0 Å². The van der Waals surface area contributed by atoms with Crippen LogP contribution in [0, 0.1) is 12.7 Å². The molecular formula is C19H21FN4O2. The maximum Gasteiger partial charge on any atom is 0.326 e. The third-order valence-electron chi connectivity index (χ3n) is 4.86. The highest BCUT2D eigenvalue weighted by atomic mass is 19.1. The molecule has 3 heterocycles. The third kappa shape index (κ3) is 3.10. The molecule has 1 N–H and O–H groups in total. The summed E-state index contributed by atoms with van der Waals surface area (Å²) in [5, 5.41) is 2.90. The Morgan fingerprint density at radius 2 is 2.00 bits per heavy atom. The molecule has 2 aliphatic heterocycles. The quantitative estimate of drug-likeness (QED) is 0.899. The van der Waals surface area contributed by atoms with E-state index >= 15 is 0 Å². The first-order valence-electron chi connectivity index (χ1n) is 8.80. The zero-order valence-corrected chi connectivity index (χ0v) is 14.7. The maximum absolute atomic E-state index is 13.9. The molecule has 7 heteroatoms. The summed E-state index contributed by atoms with van der Waals surface area (Å²) in [7, 11) is 0. The summed E-state index contributed by atoms with van der Waals surface area (Å²) in [5.41, 5.74) is 2.65. The van der Waals surface area contributed by atoms with Gasteiger partial charge in [-0.25, -0.2) is 14.2 Å². The molecule has 2 aromatic rings. The molecule has 2 aliphatic rings. The lowest BCUT2D eigenvalue weighted by Gasteiger charge is -2.28. The molecule has 1 aromatic heterocycles. The Morgan fingerprint density at radius 1 is 1.19 bits per heavy atom. The van der Waals surface area contributed by atoms with Crippen LogP contribution in [0.5, 0.6) is 0 Å². The van der Waals surface area contributed by atoms with Crippen molar-refractivity contribution in [3.63, 3.8) is 0 Å². The van der Waals surface area contributed by atoms with Gasteiger partial charge in [-0.1, -0.05) is 6.07 Å². The SMILES string of the molecule is Cc1nc(N2CCOCC2)ccc1NC(=O)N1CCc2c(F)cccc21. The largest absolute Gasteiger partial charge is 0.378 e. The number of morpholine rings is 1. The first-order valence-corrected chi connectivity index (χ1v) is 8.80. The number of fused-ring (bicyclic) bond motifs is 1. The predicted molar refractivity (Wildman–Crippen MR) is 98.5 cm³/mol. The number of hydrogen-bond acceptors (Lipinski definition) is 4. The number of aromatic nitrogens is 1. The number of aryl methyl sites for hydroxylation is 1. The fourth-order valence-electron chi connectivity index (χ4n) is 3.43. The van der Waals surface area contributed by atoms with E-state index in [-0.39, 0.29) is 11.8 Å². The Hall–Kier alpha value is -2.67. The fourth-order valence-corrected chi connectivity index (χ4v) is 3.43. The van der Waals surface area contributed by atoms with Gasteiger partial charge in [-0.15, -0.1) is 0 Å². The number of nitrogens with one attached hydrogen (secondary N) is 1. The first-order chi connectivity index (χ1) is 12.6. The molecule has 4 rings (SSSR count). The average Bonchev–Trinajstić information content (AvgIpc) is 3.10. The lowest BCUT2D eigenvalue weighted by molar-refractivity contribution is 0.122. The smallest absolute Gasteiger partial charge is 0.326 e. The van der Waals surface area contributed by atoms with E-state index in [1.54, 1.807) is 17.0 Å². The molecule has 6 nitrogen and oxygen atoms in total. The van der Waals surface area contributed by atoms with Crippen LogP contribution in [-0.2, 0) is 11.2 Å². The molecule has 1 aromatic carbocycles. The van der Waals surface area contributed by atoms with Crippen LogP contribution < -0.4 is 15.1 Å². The van der Waals surface area contributed by atoms with E-state index in [2.05, 4.69) is 15.2 Å². The summed E-state index contributed by atoms with van der Waals surface area (Å²) < 4.78 is 19.2. The van der Waals surface area contributed by atoms with Gasteiger partial charge in [0.2, 0.25) is 0 Å². The van der Waals surface area contributed by atoms with Crippen molar-refractivity contribution < 1.29 is 13.9 Å². The summed E-state index contributed by atoms with van der Waals surface area (Å²) in [4.78, 5) is 21.0. The Morgan fingerprint density at radius 3 is 2.77 bits per heavy atom. The Bertz CT molecular complexity index is 836. The summed E-state index contributed by atoms with van der Waals surface area (Å²) >= 11 is 0. The van der Waals surface area contributed by atoms with Crippen molar-refractivity contribution in [1.82, 2.24) is 4.98 Å². The van der Waals surface area contributed by atoms with E-state index in [4.69, 9.17) is 4.74 Å². The molecule has 0 spiro atoms. The fraction of sp³-hybridized carbons (Fsp3) is 0.368. The molecular weight excluding hydrogens is 335 g/mol. The second-order valence-electron chi connectivity index (χ2n) is 6.47. The number of carbonyl (C=O) groups is 1. The third-order valence-corrected chi connectivity index (χ3v) is 4.86. The molecule has 0 bridgehead atoms. The number of pyridine rings is 1.